The lowest BCUT2D eigenvalue weighted by molar-refractivity contribution is 1.50. The van der Waals surface area contributed by atoms with Crippen molar-refractivity contribution in [1.29, 1.82) is 0 Å². The first-order chi connectivity index (χ1) is 11.8. The standard InChI is InChI=1S/C22H18N2/c1-3-17-4-6-18(7-5-17)16-24-22-14-10-20(11-15-22)19-8-12-21(23-2)13-9-19/h3-16H,1-2H2. The SMILES string of the molecule is C=Cc1ccc(C=Nc2ccc(-c3ccc(N=C)cc3)cc2)cc1. The molecule has 0 aromatic heterocycles. The molecule has 2 nitrogen and oxygen atoms in total. The first kappa shape index (κ1) is 15.6. The highest BCUT2D eigenvalue weighted by Gasteiger charge is 1.98. The summed E-state index contributed by atoms with van der Waals surface area (Å²) in [6.07, 6.45) is 3.70. The van der Waals surface area contributed by atoms with Gasteiger partial charge in [-0.3, -0.25) is 9.98 Å². The number of benzene rings is 3. The molecule has 0 heterocycles. The maximum absolute atomic E-state index is 4.52. The van der Waals surface area contributed by atoms with Crippen LogP contribution in [-0.2, 0) is 0 Å². The lowest BCUT2D eigenvalue weighted by Gasteiger charge is -2.03. The van der Waals surface area contributed by atoms with Crippen molar-refractivity contribution in [2.24, 2.45) is 9.98 Å². The molecule has 0 unspecified atom stereocenters. The van der Waals surface area contributed by atoms with E-state index in [4.69, 9.17) is 0 Å². The van der Waals surface area contributed by atoms with Gasteiger partial charge in [-0.1, -0.05) is 61.2 Å². The van der Waals surface area contributed by atoms with Gasteiger partial charge in [0.25, 0.3) is 0 Å². The Labute approximate surface area is 142 Å². The van der Waals surface area contributed by atoms with E-state index < -0.39 is 0 Å². The van der Waals surface area contributed by atoms with Crippen molar-refractivity contribution in [2.45, 2.75) is 0 Å². The summed E-state index contributed by atoms with van der Waals surface area (Å²) >= 11 is 0. The Hall–Kier alpha value is -3.26. The highest BCUT2D eigenvalue weighted by Crippen LogP contribution is 2.24. The van der Waals surface area contributed by atoms with Crippen molar-refractivity contribution >= 4 is 30.4 Å². The van der Waals surface area contributed by atoms with Crippen molar-refractivity contribution < 1.29 is 0 Å². The van der Waals surface area contributed by atoms with Gasteiger partial charge >= 0.3 is 0 Å². The third kappa shape index (κ3) is 3.73. The molecule has 2 heteroatoms. The second-order valence-electron chi connectivity index (χ2n) is 5.38. The van der Waals surface area contributed by atoms with Crippen molar-refractivity contribution in [3.8, 4) is 11.1 Å². The molecule has 24 heavy (non-hydrogen) atoms. The Bertz CT molecular complexity index is 855. The lowest BCUT2D eigenvalue weighted by Crippen LogP contribution is -1.81. The second-order valence-corrected chi connectivity index (χ2v) is 5.38. The summed E-state index contributed by atoms with van der Waals surface area (Å²) in [6, 6.07) is 24.3. The van der Waals surface area contributed by atoms with E-state index >= 15 is 0 Å². The van der Waals surface area contributed by atoms with Gasteiger partial charge in [-0.25, -0.2) is 0 Å². The first-order valence-corrected chi connectivity index (χ1v) is 7.72. The minimum Gasteiger partial charge on any atom is -0.265 e. The summed E-state index contributed by atoms with van der Waals surface area (Å²) in [7, 11) is 0. The van der Waals surface area contributed by atoms with Gasteiger partial charge in [0.2, 0.25) is 0 Å². The second kappa shape index (κ2) is 7.34. The van der Waals surface area contributed by atoms with Crippen LogP contribution in [0.4, 0.5) is 11.4 Å². The van der Waals surface area contributed by atoms with E-state index in [0.29, 0.717) is 0 Å². The van der Waals surface area contributed by atoms with E-state index in [9.17, 15) is 0 Å². The van der Waals surface area contributed by atoms with Gasteiger partial charge in [-0.05, 0) is 53.2 Å². The van der Waals surface area contributed by atoms with Gasteiger partial charge in [0.1, 0.15) is 0 Å². The maximum atomic E-state index is 4.52. The molecule has 0 atom stereocenters. The minimum absolute atomic E-state index is 0.877. The first-order valence-electron chi connectivity index (χ1n) is 7.72. The zero-order valence-electron chi connectivity index (χ0n) is 13.4. The van der Waals surface area contributed by atoms with Crippen molar-refractivity contribution in [2.75, 3.05) is 0 Å². The van der Waals surface area contributed by atoms with Crippen LogP contribution in [0.1, 0.15) is 11.1 Å². The van der Waals surface area contributed by atoms with Crippen LogP contribution in [-0.4, -0.2) is 12.9 Å². The fraction of sp³-hybridized carbons (Fsp3) is 0. The largest absolute Gasteiger partial charge is 0.265 e. The number of hydrogen-bond donors (Lipinski definition) is 0. The van der Waals surface area contributed by atoms with E-state index in [2.05, 4.69) is 35.4 Å². The molecule has 0 amide bonds. The predicted molar refractivity (Wildman–Crippen MR) is 105 cm³/mol. The molecule has 0 bridgehead atoms. The molecule has 0 aliphatic rings. The van der Waals surface area contributed by atoms with Crippen LogP contribution in [0.5, 0.6) is 0 Å². The zero-order chi connectivity index (χ0) is 16.8. The number of rotatable bonds is 5. The zero-order valence-corrected chi connectivity index (χ0v) is 13.4. The van der Waals surface area contributed by atoms with Crippen LogP contribution < -0.4 is 0 Å². The van der Waals surface area contributed by atoms with Crippen LogP contribution in [0, 0.1) is 0 Å². The molecule has 3 rings (SSSR count). The summed E-state index contributed by atoms with van der Waals surface area (Å²) < 4.78 is 0. The molecule has 3 aromatic rings. The molecule has 0 spiro atoms. The number of hydrogen-bond acceptors (Lipinski definition) is 2. The van der Waals surface area contributed by atoms with Crippen molar-refractivity contribution in [3.05, 3.63) is 90.5 Å². The quantitative estimate of drug-likeness (QED) is 0.510. The Morgan fingerprint density at radius 1 is 0.625 bits per heavy atom. The molecule has 0 fully saturated rings. The maximum Gasteiger partial charge on any atom is 0.0630 e. The van der Waals surface area contributed by atoms with E-state index in [0.717, 1.165) is 33.6 Å². The van der Waals surface area contributed by atoms with Crippen molar-refractivity contribution in [1.82, 2.24) is 0 Å². The molecule has 0 aliphatic heterocycles. The fourth-order valence-corrected chi connectivity index (χ4v) is 2.37. The van der Waals surface area contributed by atoms with Gasteiger partial charge in [-0.2, -0.15) is 0 Å². The summed E-state index contributed by atoms with van der Waals surface area (Å²) in [6.45, 7) is 7.28. The average Bonchev–Trinajstić information content (AvgIpc) is 2.67. The minimum atomic E-state index is 0.877. The van der Waals surface area contributed by atoms with E-state index in [-0.39, 0.29) is 0 Å². The number of nitrogens with zero attached hydrogens (tertiary/aromatic N) is 2. The van der Waals surface area contributed by atoms with Gasteiger partial charge in [-0.15, -0.1) is 0 Å². The molecule has 3 aromatic carbocycles. The molecular weight excluding hydrogens is 292 g/mol. The van der Waals surface area contributed by atoms with E-state index in [1.165, 1.54) is 0 Å². The molecule has 0 saturated carbocycles. The Kier molecular flexibility index (Phi) is 4.78. The molecule has 116 valence electrons. The monoisotopic (exact) mass is 310 g/mol. The summed E-state index contributed by atoms with van der Waals surface area (Å²) in [5.74, 6) is 0. The van der Waals surface area contributed by atoms with Crippen LogP contribution in [0.15, 0.2) is 89.4 Å². The van der Waals surface area contributed by atoms with Crippen LogP contribution in [0.2, 0.25) is 0 Å². The Morgan fingerprint density at radius 2 is 1.12 bits per heavy atom. The van der Waals surface area contributed by atoms with Gasteiger partial charge < -0.3 is 0 Å². The molecule has 0 radical (unpaired) electrons. The van der Waals surface area contributed by atoms with Gasteiger partial charge in [0, 0.05) is 6.21 Å². The predicted octanol–water partition coefficient (Wildman–Crippen LogP) is 6.08. The van der Waals surface area contributed by atoms with Gasteiger partial charge in [0.15, 0.2) is 0 Å². The Morgan fingerprint density at radius 3 is 1.62 bits per heavy atom. The highest BCUT2D eigenvalue weighted by atomic mass is 14.7. The summed E-state index contributed by atoms with van der Waals surface area (Å²) in [4.78, 5) is 8.43. The van der Waals surface area contributed by atoms with Gasteiger partial charge in [0.05, 0.1) is 11.4 Å². The summed E-state index contributed by atoms with van der Waals surface area (Å²) in [5, 5.41) is 0. The molecule has 0 N–H and O–H groups in total. The summed E-state index contributed by atoms with van der Waals surface area (Å²) in [5.41, 5.74) is 6.28. The topological polar surface area (TPSA) is 24.7 Å². The lowest BCUT2D eigenvalue weighted by atomic mass is 10.1. The molecule has 0 saturated heterocycles. The van der Waals surface area contributed by atoms with Crippen molar-refractivity contribution in [3.63, 3.8) is 0 Å². The Balaban J connectivity index is 1.74. The smallest absolute Gasteiger partial charge is 0.0630 e. The van der Waals surface area contributed by atoms with E-state index in [1.807, 2.05) is 73.0 Å². The molecule has 0 aliphatic carbocycles. The normalized spacial score (nSPS) is 10.7. The fourth-order valence-electron chi connectivity index (χ4n) is 2.37. The van der Waals surface area contributed by atoms with Crippen LogP contribution in [0.25, 0.3) is 17.2 Å². The molecular formula is C22H18N2. The average molecular weight is 310 g/mol. The van der Waals surface area contributed by atoms with Crippen LogP contribution >= 0.6 is 0 Å². The van der Waals surface area contributed by atoms with Crippen LogP contribution in [0.3, 0.4) is 0 Å². The third-order valence-corrected chi connectivity index (χ3v) is 3.79. The highest BCUT2D eigenvalue weighted by molar-refractivity contribution is 5.82. The van der Waals surface area contributed by atoms with E-state index in [1.54, 1.807) is 0 Å². The third-order valence-electron chi connectivity index (χ3n) is 3.79. The number of aliphatic imine (C=N–C) groups is 2.